The van der Waals surface area contributed by atoms with Crippen molar-refractivity contribution >= 4 is 16.6 Å². The highest BCUT2D eigenvalue weighted by atomic mass is 15.1. The first-order valence-electron chi connectivity index (χ1n) is 4.35. The molecule has 13 heavy (non-hydrogen) atoms. The second kappa shape index (κ2) is 3.05. The van der Waals surface area contributed by atoms with E-state index in [0.29, 0.717) is 0 Å². The number of nitrogens with one attached hydrogen (secondary N) is 1. The van der Waals surface area contributed by atoms with E-state index in [-0.39, 0.29) is 0 Å². The van der Waals surface area contributed by atoms with Crippen LogP contribution < -0.4 is 9.88 Å². The summed E-state index contributed by atoms with van der Waals surface area (Å²) >= 11 is 0. The van der Waals surface area contributed by atoms with Crippen molar-refractivity contribution in [2.45, 2.75) is 0 Å². The molecule has 1 aromatic carbocycles. The molecule has 2 rings (SSSR count). The van der Waals surface area contributed by atoms with Crippen LogP contribution in [0.25, 0.3) is 10.9 Å². The molecule has 0 spiro atoms. The van der Waals surface area contributed by atoms with Gasteiger partial charge in [-0.05, 0) is 12.1 Å². The van der Waals surface area contributed by atoms with Gasteiger partial charge in [-0.2, -0.15) is 0 Å². The summed E-state index contributed by atoms with van der Waals surface area (Å²) in [5, 5.41) is 1.24. The average molecular weight is 173 g/mol. The molecule has 0 aliphatic heterocycles. The SMILES string of the molecule is CN(C)c1c[nH+]c2ccccc2c1. The molecule has 0 aliphatic rings. The van der Waals surface area contributed by atoms with Crippen LogP contribution in [0.1, 0.15) is 0 Å². The highest BCUT2D eigenvalue weighted by Crippen LogP contribution is 2.14. The van der Waals surface area contributed by atoms with E-state index >= 15 is 0 Å². The maximum atomic E-state index is 3.26. The number of fused-ring (bicyclic) bond motifs is 1. The lowest BCUT2D eigenvalue weighted by molar-refractivity contribution is -0.343. The van der Waals surface area contributed by atoms with Gasteiger partial charge in [0.1, 0.15) is 5.69 Å². The summed E-state index contributed by atoms with van der Waals surface area (Å²) < 4.78 is 0. The molecular weight excluding hydrogens is 160 g/mol. The predicted molar refractivity (Wildman–Crippen MR) is 54.8 cm³/mol. The Morgan fingerprint density at radius 1 is 1.15 bits per heavy atom. The van der Waals surface area contributed by atoms with Crippen molar-refractivity contribution in [1.82, 2.24) is 0 Å². The van der Waals surface area contributed by atoms with Crippen LogP contribution in [0.3, 0.4) is 0 Å². The van der Waals surface area contributed by atoms with Crippen LogP contribution in [0.5, 0.6) is 0 Å². The zero-order valence-electron chi connectivity index (χ0n) is 7.91. The number of para-hydroxylation sites is 1. The number of hydrogen-bond acceptors (Lipinski definition) is 1. The molecule has 0 saturated heterocycles. The number of anilines is 1. The fourth-order valence-electron chi connectivity index (χ4n) is 1.37. The lowest BCUT2D eigenvalue weighted by atomic mass is 10.2. The molecular formula is C11H13N2+. The fraction of sp³-hybridized carbons (Fsp3) is 0.182. The maximum absolute atomic E-state index is 3.26. The number of aromatic amines is 1. The predicted octanol–water partition coefficient (Wildman–Crippen LogP) is 1.72. The molecule has 0 saturated carbocycles. The molecule has 0 amide bonds. The Hall–Kier alpha value is -1.57. The smallest absolute Gasteiger partial charge is 0.210 e. The first kappa shape index (κ1) is 8.05. The van der Waals surface area contributed by atoms with Crippen molar-refractivity contribution in [3.63, 3.8) is 0 Å². The topological polar surface area (TPSA) is 17.4 Å². The van der Waals surface area contributed by atoms with Gasteiger partial charge in [-0.1, -0.05) is 12.1 Å². The maximum Gasteiger partial charge on any atom is 0.210 e. The van der Waals surface area contributed by atoms with Gasteiger partial charge in [0.25, 0.3) is 0 Å². The first-order chi connectivity index (χ1) is 6.27. The Morgan fingerprint density at radius 2 is 1.92 bits per heavy atom. The quantitative estimate of drug-likeness (QED) is 0.642. The third-order valence-electron chi connectivity index (χ3n) is 2.16. The summed E-state index contributed by atoms with van der Waals surface area (Å²) in [5.74, 6) is 0. The van der Waals surface area contributed by atoms with Gasteiger partial charge in [-0.3, -0.25) is 0 Å². The van der Waals surface area contributed by atoms with Gasteiger partial charge >= 0.3 is 0 Å². The normalized spacial score (nSPS) is 10.3. The number of aromatic nitrogens is 1. The molecule has 2 heteroatoms. The molecule has 0 bridgehead atoms. The van der Waals surface area contributed by atoms with Crippen LogP contribution in [0.15, 0.2) is 36.5 Å². The zero-order valence-corrected chi connectivity index (χ0v) is 7.91. The second-order valence-corrected chi connectivity index (χ2v) is 3.34. The van der Waals surface area contributed by atoms with Gasteiger partial charge < -0.3 is 4.90 Å². The molecule has 0 fully saturated rings. The number of rotatable bonds is 1. The summed E-state index contributed by atoms with van der Waals surface area (Å²) in [6.07, 6.45) is 2.02. The van der Waals surface area contributed by atoms with Gasteiger partial charge in [0.15, 0.2) is 6.20 Å². The van der Waals surface area contributed by atoms with E-state index in [4.69, 9.17) is 0 Å². The molecule has 1 heterocycles. The average Bonchev–Trinajstić information content (AvgIpc) is 2.17. The van der Waals surface area contributed by atoms with E-state index < -0.39 is 0 Å². The third kappa shape index (κ3) is 1.47. The van der Waals surface area contributed by atoms with Gasteiger partial charge in [0.2, 0.25) is 5.52 Å². The van der Waals surface area contributed by atoms with Crippen molar-refractivity contribution < 1.29 is 4.98 Å². The van der Waals surface area contributed by atoms with Crippen LogP contribution in [0.4, 0.5) is 5.69 Å². The van der Waals surface area contributed by atoms with Crippen LogP contribution >= 0.6 is 0 Å². The molecule has 0 unspecified atom stereocenters. The molecule has 0 radical (unpaired) electrons. The number of H-pyrrole nitrogens is 1. The first-order valence-corrected chi connectivity index (χ1v) is 4.35. The zero-order chi connectivity index (χ0) is 9.26. The van der Waals surface area contributed by atoms with Crippen molar-refractivity contribution in [2.24, 2.45) is 0 Å². The number of benzene rings is 1. The Morgan fingerprint density at radius 3 is 2.69 bits per heavy atom. The molecule has 1 N–H and O–H groups in total. The standard InChI is InChI=1S/C11H12N2/c1-13(2)10-7-9-5-3-4-6-11(9)12-8-10/h3-8H,1-2H3/p+1. The Balaban J connectivity index is 2.62. The minimum absolute atomic E-state index is 1.17. The Kier molecular flexibility index (Phi) is 1.89. The molecule has 2 nitrogen and oxygen atoms in total. The number of hydrogen-bond donors (Lipinski definition) is 0. The highest BCUT2D eigenvalue weighted by Gasteiger charge is 2.02. The van der Waals surface area contributed by atoms with E-state index in [9.17, 15) is 0 Å². The van der Waals surface area contributed by atoms with Gasteiger partial charge in [-0.15, -0.1) is 0 Å². The summed E-state index contributed by atoms with van der Waals surface area (Å²) in [6, 6.07) is 10.4. The van der Waals surface area contributed by atoms with Crippen molar-refractivity contribution in [1.29, 1.82) is 0 Å². The summed E-state index contributed by atoms with van der Waals surface area (Å²) in [6.45, 7) is 0. The van der Waals surface area contributed by atoms with Crippen LogP contribution in [0, 0.1) is 0 Å². The lowest BCUT2D eigenvalue weighted by Gasteiger charge is -2.09. The Labute approximate surface area is 77.8 Å². The molecule has 0 aliphatic carbocycles. The summed E-state index contributed by atoms with van der Waals surface area (Å²) in [5.41, 5.74) is 2.37. The van der Waals surface area contributed by atoms with Crippen LogP contribution in [-0.2, 0) is 0 Å². The van der Waals surface area contributed by atoms with Gasteiger partial charge in [0, 0.05) is 25.5 Å². The van der Waals surface area contributed by atoms with E-state index in [1.807, 2.05) is 26.4 Å². The van der Waals surface area contributed by atoms with E-state index in [1.165, 1.54) is 16.6 Å². The molecule has 0 atom stereocenters. The molecule has 1 aromatic heterocycles. The number of pyridine rings is 1. The van der Waals surface area contributed by atoms with Crippen LogP contribution in [0.2, 0.25) is 0 Å². The van der Waals surface area contributed by atoms with E-state index in [2.05, 4.69) is 34.1 Å². The monoisotopic (exact) mass is 173 g/mol. The fourth-order valence-corrected chi connectivity index (χ4v) is 1.37. The number of nitrogens with zero attached hydrogens (tertiary/aromatic N) is 1. The molecule has 2 aromatic rings. The van der Waals surface area contributed by atoms with Crippen molar-refractivity contribution in [3.05, 3.63) is 36.5 Å². The minimum Gasteiger partial charge on any atom is -0.373 e. The largest absolute Gasteiger partial charge is 0.373 e. The van der Waals surface area contributed by atoms with Gasteiger partial charge in [0.05, 0.1) is 0 Å². The Bertz CT molecular complexity index is 421. The van der Waals surface area contributed by atoms with Crippen molar-refractivity contribution in [3.8, 4) is 0 Å². The lowest BCUT2D eigenvalue weighted by Crippen LogP contribution is -2.13. The molecule has 66 valence electrons. The van der Waals surface area contributed by atoms with Crippen LogP contribution in [-0.4, -0.2) is 14.1 Å². The summed E-state index contributed by atoms with van der Waals surface area (Å²) in [7, 11) is 4.08. The third-order valence-corrected chi connectivity index (χ3v) is 2.16. The van der Waals surface area contributed by atoms with Crippen molar-refractivity contribution in [2.75, 3.05) is 19.0 Å². The van der Waals surface area contributed by atoms with Gasteiger partial charge in [-0.25, -0.2) is 4.98 Å². The summed E-state index contributed by atoms with van der Waals surface area (Å²) in [4.78, 5) is 5.35. The second-order valence-electron chi connectivity index (χ2n) is 3.34. The van der Waals surface area contributed by atoms with E-state index in [1.54, 1.807) is 0 Å². The van der Waals surface area contributed by atoms with E-state index in [0.717, 1.165) is 0 Å². The highest BCUT2D eigenvalue weighted by molar-refractivity contribution is 5.78. The minimum atomic E-state index is 1.17.